The average Bonchev–Trinajstić information content (AvgIpc) is 2.47. The topological polar surface area (TPSA) is 60.9 Å². The molecule has 0 aliphatic carbocycles. The van der Waals surface area contributed by atoms with Crippen molar-refractivity contribution in [2.45, 2.75) is 31.8 Å². The first-order valence-electron chi connectivity index (χ1n) is 6.83. The van der Waals surface area contributed by atoms with E-state index in [2.05, 4.69) is 0 Å². The second kappa shape index (κ2) is 6.05. The summed E-state index contributed by atoms with van der Waals surface area (Å²) in [5.41, 5.74) is 0.874. The number of anilines is 1. The van der Waals surface area contributed by atoms with Crippen molar-refractivity contribution in [3.63, 3.8) is 0 Å². The Bertz CT molecular complexity index is 489. The number of para-hydroxylation sites is 1. The van der Waals surface area contributed by atoms with Crippen molar-refractivity contribution in [2.24, 2.45) is 0 Å². The average molecular weight is 276 g/mol. The Morgan fingerprint density at radius 2 is 2.05 bits per heavy atom. The molecule has 0 radical (unpaired) electrons. The number of aliphatic carboxylic acids is 1. The minimum absolute atomic E-state index is 0.0157. The molecule has 5 heteroatoms. The Hall–Kier alpha value is -1.88. The number of carbonyl (C=O) groups is 2. The third-order valence-corrected chi connectivity index (χ3v) is 3.94. The lowest BCUT2D eigenvalue weighted by atomic mass is 10.0. The van der Waals surface area contributed by atoms with Gasteiger partial charge >= 0.3 is 5.97 Å². The number of benzene rings is 1. The Kier molecular flexibility index (Phi) is 4.39. The van der Waals surface area contributed by atoms with Crippen LogP contribution in [0.15, 0.2) is 30.3 Å². The molecule has 1 fully saturated rings. The number of hydrogen-bond donors (Lipinski definition) is 1. The molecule has 5 nitrogen and oxygen atoms in total. The van der Waals surface area contributed by atoms with Gasteiger partial charge in [-0.1, -0.05) is 18.2 Å². The van der Waals surface area contributed by atoms with E-state index in [9.17, 15) is 9.59 Å². The summed E-state index contributed by atoms with van der Waals surface area (Å²) in [6, 6.07) is 8.48. The number of hydrogen-bond acceptors (Lipinski definition) is 3. The molecule has 1 aromatic rings. The van der Waals surface area contributed by atoms with Crippen molar-refractivity contribution in [3.05, 3.63) is 30.3 Å². The summed E-state index contributed by atoms with van der Waals surface area (Å²) in [6.45, 7) is 2.30. The van der Waals surface area contributed by atoms with Crippen LogP contribution >= 0.6 is 0 Å². The maximum atomic E-state index is 12.6. The Labute approximate surface area is 118 Å². The lowest BCUT2D eigenvalue weighted by Crippen LogP contribution is -2.55. The van der Waals surface area contributed by atoms with Gasteiger partial charge in [-0.3, -0.25) is 14.5 Å². The summed E-state index contributed by atoms with van der Waals surface area (Å²) >= 11 is 0. The molecule has 1 heterocycles. The van der Waals surface area contributed by atoms with E-state index < -0.39 is 12.0 Å². The van der Waals surface area contributed by atoms with E-state index in [1.54, 1.807) is 23.8 Å². The highest BCUT2D eigenvalue weighted by molar-refractivity contribution is 5.98. The number of carboxylic acid groups (broad SMARTS) is 1. The predicted octanol–water partition coefficient (Wildman–Crippen LogP) is 1.59. The summed E-state index contributed by atoms with van der Waals surface area (Å²) in [7, 11) is 1.70. The predicted molar refractivity (Wildman–Crippen MR) is 76.7 cm³/mol. The van der Waals surface area contributed by atoms with Crippen LogP contribution in [0.3, 0.4) is 0 Å². The molecule has 1 amide bonds. The van der Waals surface area contributed by atoms with Crippen molar-refractivity contribution < 1.29 is 14.7 Å². The molecule has 108 valence electrons. The molecule has 2 rings (SSSR count). The van der Waals surface area contributed by atoms with Crippen molar-refractivity contribution in [1.29, 1.82) is 0 Å². The van der Waals surface area contributed by atoms with Crippen LogP contribution in [0.1, 0.15) is 19.8 Å². The largest absolute Gasteiger partial charge is 0.480 e. The van der Waals surface area contributed by atoms with Gasteiger partial charge in [0.25, 0.3) is 0 Å². The zero-order valence-electron chi connectivity index (χ0n) is 11.8. The molecule has 0 spiro atoms. The smallest absolute Gasteiger partial charge is 0.320 e. The van der Waals surface area contributed by atoms with Gasteiger partial charge in [0.2, 0.25) is 5.91 Å². The normalized spacial score (nSPS) is 21.1. The van der Waals surface area contributed by atoms with Gasteiger partial charge in [-0.2, -0.15) is 0 Å². The highest BCUT2D eigenvalue weighted by atomic mass is 16.4. The SMILES string of the molecule is C[C@H](C(=O)O)N(C)[C@@H]1CCCN(c2ccccc2)C1=O. The monoisotopic (exact) mass is 276 g/mol. The first-order chi connectivity index (χ1) is 9.52. The van der Waals surface area contributed by atoms with E-state index in [1.807, 2.05) is 30.3 Å². The van der Waals surface area contributed by atoms with Crippen LogP contribution in [0, 0.1) is 0 Å². The van der Waals surface area contributed by atoms with Gasteiger partial charge in [0, 0.05) is 12.2 Å². The quantitative estimate of drug-likeness (QED) is 0.907. The standard InChI is InChI=1S/C15H20N2O3/c1-11(15(19)20)16(2)13-9-6-10-17(14(13)18)12-7-4-3-5-8-12/h3-5,7-8,11,13H,6,9-10H2,1-2H3,(H,19,20)/t11-,13-/m1/s1. The Balaban J connectivity index is 2.17. The van der Waals surface area contributed by atoms with Crippen LogP contribution in [-0.2, 0) is 9.59 Å². The molecule has 0 aromatic heterocycles. The Morgan fingerprint density at radius 1 is 1.40 bits per heavy atom. The fraction of sp³-hybridized carbons (Fsp3) is 0.467. The molecule has 1 N–H and O–H groups in total. The number of likely N-dealkylation sites (N-methyl/N-ethyl adjacent to an activating group) is 1. The number of amides is 1. The Morgan fingerprint density at radius 3 is 2.65 bits per heavy atom. The third-order valence-electron chi connectivity index (χ3n) is 3.94. The van der Waals surface area contributed by atoms with Gasteiger partial charge in [0.1, 0.15) is 6.04 Å². The van der Waals surface area contributed by atoms with Crippen molar-refractivity contribution in [1.82, 2.24) is 4.90 Å². The van der Waals surface area contributed by atoms with Crippen LogP contribution < -0.4 is 4.90 Å². The molecule has 0 unspecified atom stereocenters. The summed E-state index contributed by atoms with van der Waals surface area (Å²) in [6.07, 6.45) is 1.58. The highest BCUT2D eigenvalue weighted by Crippen LogP contribution is 2.23. The van der Waals surface area contributed by atoms with Gasteiger partial charge in [-0.25, -0.2) is 0 Å². The van der Waals surface area contributed by atoms with Crippen LogP contribution in [0.5, 0.6) is 0 Å². The molecule has 1 aromatic carbocycles. The minimum Gasteiger partial charge on any atom is -0.480 e. The van der Waals surface area contributed by atoms with E-state index in [1.165, 1.54) is 0 Å². The van der Waals surface area contributed by atoms with Crippen molar-refractivity contribution in [2.75, 3.05) is 18.5 Å². The number of carboxylic acids is 1. The molecular formula is C15H20N2O3. The molecular weight excluding hydrogens is 256 g/mol. The summed E-state index contributed by atoms with van der Waals surface area (Å²) in [5.74, 6) is -0.921. The van der Waals surface area contributed by atoms with Gasteiger partial charge in [0.05, 0.1) is 6.04 Å². The molecule has 2 atom stereocenters. The fourth-order valence-corrected chi connectivity index (χ4v) is 2.54. The minimum atomic E-state index is -0.905. The highest BCUT2D eigenvalue weighted by Gasteiger charge is 2.35. The van der Waals surface area contributed by atoms with E-state index in [-0.39, 0.29) is 11.9 Å². The second-order valence-corrected chi connectivity index (χ2v) is 5.16. The molecule has 1 aliphatic heterocycles. The van der Waals surface area contributed by atoms with Crippen molar-refractivity contribution >= 4 is 17.6 Å². The molecule has 0 bridgehead atoms. The van der Waals surface area contributed by atoms with E-state index in [4.69, 9.17) is 5.11 Å². The van der Waals surface area contributed by atoms with E-state index in [0.717, 1.165) is 12.1 Å². The van der Waals surface area contributed by atoms with Gasteiger partial charge in [0.15, 0.2) is 0 Å². The maximum Gasteiger partial charge on any atom is 0.320 e. The lowest BCUT2D eigenvalue weighted by Gasteiger charge is -2.38. The maximum absolute atomic E-state index is 12.6. The van der Waals surface area contributed by atoms with Gasteiger partial charge < -0.3 is 10.0 Å². The molecule has 0 saturated carbocycles. The van der Waals surface area contributed by atoms with Crippen LogP contribution in [0.2, 0.25) is 0 Å². The second-order valence-electron chi connectivity index (χ2n) is 5.16. The summed E-state index contributed by atoms with van der Waals surface area (Å²) < 4.78 is 0. The van der Waals surface area contributed by atoms with E-state index >= 15 is 0 Å². The molecule has 20 heavy (non-hydrogen) atoms. The van der Waals surface area contributed by atoms with Crippen LogP contribution in [0.25, 0.3) is 0 Å². The van der Waals surface area contributed by atoms with Crippen LogP contribution in [-0.4, -0.2) is 47.6 Å². The lowest BCUT2D eigenvalue weighted by molar-refractivity contribution is -0.144. The van der Waals surface area contributed by atoms with Crippen LogP contribution in [0.4, 0.5) is 5.69 Å². The van der Waals surface area contributed by atoms with E-state index in [0.29, 0.717) is 13.0 Å². The number of carbonyl (C=O) groups excluding carboxylic acids is 1. The summed E-state index contributed by atoms with van der Waals surface area (Å²) in [4.78, 5) is 27.1. The zero-order chi connectivity index (χ0) is 14.7. The molecule has 1 saturated heterocycles. The first kappa shape index (κ1) is 14.5. The number of rotatable bonds is 4. The van der Waals surface area contributed by atoms with Crippen molar-refractivity contribution in [3.8, 4) is 0 Å². The third kappa shape index (κ3) is 2.82. The number of piperidine rings is 1. The van der Waals surface area contributed by atoms with Gasteiger partial charge in [-0.15, -0.1) is 0 Å². The van der Waals surface area contributed by atoms with Gasteiger partial charge in [-0.05, 0) is 38.9 Å². The molecule has 1 aliphatic rings. The summed E-state index contributed by atoms with van der Waals surface area (Å²) in [5, 5.41) is 9.09. The fourth-order valence-electron chi connectivity index (χ4n) is 2.54. The number of nitrogens with zero attached hydrogens (tertiary/aromatic N) is 2. The zero-order valence-corrected chi connectivity index (χ0v) is 11.8. The first-order valence-corrected chi connectivity index (χ1v) is 6.83.